The van der Waals surface area contributed by atoms with E-state index in [1.54, 1.807) is 18.7 Å². The van der Waals surface area contributed by atoms with E-state index in [0.29, 0.717) is 30.9 Å². The van der Waals surface area contributed by atoms with E-state index in [4.69, 9.17) is 0 Å². The first-order valence-electron chi connectivity index (χ1n) is 9.18. The lowest BCUT2D eigenvalue weighted by Crippen LogP contribution is -2.48. The molecule has 0 spiro atoms. The van der Waals surface area contributed by atoms with Gasteiger partial charge in [-0.05, 0) is 56.9 Å². The fourth-order valence-corrected chi connectivity index (χ4v) is 5.72. The average Bonchev–Trinajstić information content (AvgIpc) is 3.20. The maximum Gasteiger partial charge on any atom is 0.416 e. The molecule has 2 aromatic rings. The van der Waals surface area contributed by atoms with Gasteiger partial charge in [-0.15, -0.1) is 5.10 Å². The van der Waals surface area contributed by atoms with Crippen LogP contribution in [0.5, 0.6) is 0 Å². The molecule has 2 amide bonds. The number of rotatable bonds is 4. The number of likely N-dealkylation sites (tertiary alicyclic amines) is 1. The number of benzene rings is 1. The second-order valence-corrected chi connectivity index (χ2v) is 10.9. The zero-order valence-corrected chi connectivity index (χ0v) is 17.9. The molecule has 1 N–H and O–H groups in total. The molecule has 30 heavy (non-hydrogen) atoms. The molecule has 0 saturated carbocycles. The van der Waals surface area contributed by atoms with Crippen LogP contribution in [0.25, 0.3) is 0 Å². The second kappa shape index (κ2) is 8.14. The number of sulfone groups is 1. The maximum atomic E-state index is 13.2. The van der Waals surface area contributed by atoms with E-state index in [0.717, 1.165) is 35.8 Å². The van der Waals surface area contributed by atoms with E-state index < -0.39 is 26.3 Å². The molecule has 3 rings (SSSR count). The third-order valence-electron chi connectivity index (χ3n) is 5.54. The van der Waals surface area contributed by atoms with Gasteiger partial charge in [-0.1, -0.05) is 4.49 Å². The first kappa shape index (κ1) is 22.5. The number of alkyl halides is 3. The van der Waals surface area contributed by atoms with Gasteiger partial charge in [0.15, 0.2) is 9.84 Å². The van der Waals surface area contributed by atoms with E-state index in [1.165, 1.54) is 6.20 Å². The Morgan fingerprint density at radius 1 is 1.17 bits per heavy atom. The Labute approximate surface area is 176 Å². The second-order valence-electron chi connectivity index (χ2n) is 7.60. The number of urea groups is 1. The van der Waals surface area contributed by atoms with Crippen LogP contribution in [-0.4, -0.2) is 46.8 Å². The van der Waals surface area contributed by atoms with Crippen LogP contribution >= 0.6 is 11.5 Å². The first-order valence-corrected chi connectivity index (χ1v) is 11.4. The highest BCUT2D eigenvalue weighted by atomic mass is 32.2. The number of hydrogen-bond donors (Lipinski definition) is 1. The largest absolute Gasteiger partial charge is 0.416 e. The van der Waals surface area contributed by atoms with Crippen LogP contribution in [0, 0.1) is 5.92 Å². The van der Waals surface area contributed by atoms with Crippen LogP contribution in [0.1, 0.15) is 32.3 Å². The topological polar surface area (TPSA) is 92.3 Å². The van der Waals surface area contributed by atoms with Crippen molar-refractivity contribution in [1.82, 2.24) is 14.5 Å². The van der Waals surface area contributed by atoms with Crippen LogP contribution in [-0.2, 0) is 16.0 Å². The number of amides is 2. The standard InChI is InChI=1S/C18H21F3N4O3S2/c1-17(2,30(27,28)14-5-3-13(4-6-14)18(19,20)21)12-7-9-25(10-8-12)16(26)23-15-11-22-24-29-15/h3-6,11-12H,7-10H2,1-2H3,(H,23,26). The molecule has 1 aromatic heterocycles. The van der Waals surface area contributed by atoms with E-state index in [2.05, 4.69) is 14.9 Å². The molecule has 2 heterocycles. The molecule has 1 saturated heterocycles. The number of carbonyl (C=O) groups excluding carboxylic acids is 1. The van der Waals surface area contributed by atoms with Gasteiger partial charge in [-0.3, -0.25) is 5.32 Å². The predicted octanol–water partition coefficient (Wildman–Crippen LogP) is 4.05. The van der Waals surface area contributed by atoms with Crippen molar-refractivity contribution in [2.75, 3.05) is 18.4 Å². The quantitative estimate of drug-likeness (QED) is 0.740. The number of hydrogen-bond acceptors (Lipinski definition) is 6. The van der Waals surface area contributed by atoms with Crippen LogP contribution in [0.15, 0.2) is 35.4 Å². The van der Waals surface area contributed by atoms with Crippen LogP contribution in [0.3, 0.4) is 0 Å². The third kappa shape index (κ3) is 4.43. The Morgan fingerprint density at radius 3 is 2.27 bits per heavy atom. The van der Waals surface area contributed by atoms with Crippen molar-refractivity contribution in [1.29, 1.82) is 0 Å². The predicted molar refractivity (Wildman–Crippen MR) is 106 cm³/mol. The highest BCUT2D eigenvalue weighted by molar-refractivity contribution is 7.92. The number of nitrogens with one attached hydrogen (secondary N) is 1. The van der Waals surface area contributed by atoms with Crippen LogP contribution < -0.4 is 5.32 Å². The SMILES string of the molecule is CC(C)(C1CCN(C(=O)Nc2cnns2)CC1)S(=O)(=O)c1ccc(C(F)(F)F)cc1. The fourth-order valence-electron chi connectivity index (χ4n) is 3.53. The van der Waals surface area contributed by atoms with Crippen LogP contribution in [0.2, 0.25) is 0 Å². The summed E-state index contributed by atoms with van der Waals surface area (Å²) in [5.74, 6) is -0.251. The zero-order chi connectivity index (χ0) is 22.2. The van der Waals surface area contributed by atoms with Gasteiger partial charge in [0.05, 0.1) is 21.4 Å². The number of halogens is 3. The summed E-state index contributed by atoms with van der Waals surface area (Å²) in [6.07, 6.45) is -2.17. The lowest BCUT2D eigenvalue weighted by atomic mass is 9.86. The summed E-state index contributed by atoms with van der Waals surface area (Å²) in [5.41, 5.74) is -0.894. The van der Waals surface area contributed by atoms with Gasteiger partial charge in [0, 0.05) is 24.6 Å². The molecule has 0 atom stereocenters. The minimum Gasteiger partial charge on any atom is -0.324 e. The molecule has 164 valence electrons. The number of piperidine rings is 1. The molecule has 1 aliphatic rings. The molecule has 0 aliphatic carbocycles. The Kier molecular flexibility index (Phi) is 6.10. The van der Waals surface area contributed by atoms with Gasteiger partial charge < -0.3 is 4.90 Å². The van der Waals surface area contributed by atoms with Crippen molar-refractivity contribution in [2.24, 2.45) is 5.92 Å². The molecule has 1 aromatic carbocycles. The van der Waals surface area contributed by atoms with Crippen molar-refractivity contribution in [3.05, 3.63) is 36.0 Å². The molecule has 0 unspecified atom stereocenters. The van der Waals surface area contributed by atoms with E-state index in [9.17, 15) is 26.4 Å². The lowest BCUT2D eigenvalue weighted by molar-refractivity contribution is -0.137. The minimum absolute atomic E-state index is 0.140. The van der Waals surface area contributed by atoms with Crippen molar-refractivity contribution >= 4 is 32.4 Å². The normalized spacial score (nSPS) is 16.5. The minimum atomic E-state index is -4.53. The number of aromatic nitrogens is 2. The van der Waals surface area contributed by atoms with E-state index >= 15 is 0 Å². The smallest absolute Gasteiger partial charge is 0.324 e. The summed E-state index contributed by atoms with van der Waals surface area (Å²) < 4.78 is 67.1. The Hall–Kier alpha value is -2.21. The monoisotopic (exact) mass is 462 g/mol. The van der Waals surface area contributed by atoms with Gasteiger partial charge in [-0.2, -0.15) is 13.2 Å². The van der Waals surface area contributed by atoms with Crippen molar-refractivity contribution in [3.8, 4) is 0 Å². The lowest BCUT2D eigenvalue weighted by Gasteiger charge is -2.40. The fraction of sp³-hybridized carbons (Fsp3) is 0.500. The first-order chi connectivity index (χ1) is 13.9. The van der Waals surface area contributed by atoms with Gasteiger partial charge >= 0.3 is 12.2 Å². The van der Waals surface area contributed by atoms with E-state index in [1.807, 2.05) is 0 Å². The van der Waals surface area contributed by atoms with Crippen LogP contribution in [0.4, 0.5) is 23.0 Å². The number of anilines is 1. The van der Waals surface area contributed by atoms with Gasteiger partial charge in [0.1, 0.15) is 5.00 Å². The van der Waals surface area contributed by atoms with Crippen molar-refractivity contribution in [3.63, 3.8) is 0 Å². The van der Waals surface area contributed by atoms with Gasteiger partial charge in [-0.25, -0.2) is 13.2 Å². The Balaban J connectivity index is 1.68. The average molecular weight is 463 g/mol. The molecule has 1 fully saturated rings. The zero-order valence-electron chi connectivity index (χ0n) is 16.3. The Morgan fingerprint density at radius 2 is 1.77 bits per heavy atom. The molecule has 0 bridgehead atoms. The summed E-state index contributed by atoms with van der Waals surface area (Å²) in [6.45, 7) is 3.91. The number of nitrogens with zero attached hydrogens (tertiary/aromatic N) is 3. The highest BCUT2D eigenvalue weighted by Crippen LogP contribution is 2.39. The third-order valence-corrected chi connectivity index (χ3v) is 8.73. The molecule has 0 radical (unpaired) electrons. The number of carbonyl (C=O) groups is 1. The van der Waals surface area contributed by atoms with Crippen molar-refractivity contribution < 1.29 is 26.4 Å². The summed E-state index contributed by atoms with van der Waals surface area (Å²) in [5, 5.41) is 6.86. The van der Waals surface area contributed by atoms with E-state index in [-0.39, 0.29) is 16.8 Å². The summed E-state index contributed by atoms with van der Waals surface area (Å²) >= 11 is 1.05. The Bertz CT molecular complexity index is 983. The summed E-state index contributed by atoms with van der Waals surface area (Å²) in [7, 11) is -3.88. The molecule has 7 nitrogen and oxygen atoms in total. The molecular weight excluding hydrogens is 441 g/mol. The molecule has 12 heteroatoms. The maximum absolute atomic E-state index is 13.2. The van der Waals surface area contributed by atoms with Gasteiger partial charge in [0.25, 0.3) is 0 Å². The summed E-state index contributed by atoms with van der Waals surface area (Å²) in [4.78, 5) is 13.8. The molecular formula is C18H21F3N4O3S2. The van der Waals surface area contributed by atoms with Crippen molar-refractivity contribution in [2.45, 2.75) is 42.5 Å². The van der Waals surface area contributed by atoms with Gasteiger partial charge in [0.2, 0.25) is 0 Å². The summed E-state index contributed by atoms with van der Waals surface area (Å²) in [6, 6.07) is 3.27. The highest BCUT2D eigenvalue weighted by Gasteiger charge is 2.44. The molecule has 1 aliphatic heterocycles.